The number of nitrogens with one attached hydrogen (secondary N) is 1. The molecule has 1 saturated heterocycles. The van der Waals surface area contributed by atoms with Crippen molar-refractivity contribution in [2.45, 2.75) is 58.0 Å². The molecule has 1 N–H and O–H groups in total. The topological polar surface area (TPSA) is 147 Å². The summed E-state index contributed by atoms with van der Waals surface area (Å²) >= 11 is 0. The highest BCUT2D eigenvalue weighted by Crippen LogP contribution is 2.65. The molecular weight excluding hydrogens is 436 g/mol. The molecule has 1 unspecified atom stereocenters. The molecular formula is C21H24N4O8. The predicted octanol–water partition coefficient (Wildman–Crippen LogP) is 0.728. The van der Waals surface area contributed by atoms with Gasteiger partial charge in [-0.25, -0.2) is 9.50 Å². The molecule has 1 aliphatic heterocycles. The van der Waals surface area contributed by atoms with Crippen molar-refractivity contribution in [3.8, 4) is 0 Å². The lowest BCUT2D eigenvalue weighted by Gasteiger charge is -2.35. The zero-order valence-corrected chi connectivity index (χ0v) is 18.8. The molecule has 12 nitrogen and oxygen atoms in total. The van der Waals surface area contributed by atoms with Crippen LogP contribution in [-0.2, 0) is 43.7 Å². The number of aromatic nitrogens is 3. The number of hydrogen-bond donors (Lipinski definition) is 1. The van der Waals surface area contributed by atoms with E-state index < -0.39 is 47.2 Å². The van der Waals surface area contributed by atoms with Gasteiger partial charge in [-0.05, 0) is 19.1 Å². The number of carbonyl (C=O) groups is 4. The van der Waals surface area contributed by atoms with Crippen molar-refractivity contribution in [1.29, 1.82) is 0 Å². The summed E-state index contributed by atoms with van der Waals surface area (Å²) in [5.74, 6) is -2.21. The van der Waals surface area contributed by atoms with E-state index in [9.17, 15) is 19.2 Å². The van der Waals surface area contributed by atoms with Crippen molar-refractivity contribution >= 4 is 35.1 Å². The van der Waals surface area contributed by atoms with Crippen molar-refractivity contribution in [3.63, 3.8) is 0 Å². The fourth-order valence-electron chi connectivity index (χ4n) is 4.69. The summed E-state index contributed by atoms with van der Waals surface area (Å²) in [5, 5.41) is 6.91. The number of amides is 1. The first-order valence-electron chi connectivity index (χ1n) is 10.3. The Hall–Kier alpha value is -3.54. The number of fused-ring (bicyclic) bond motifs is 2. The molecule has 1 saturated carbocycles. The van der Waals surface area contributed by atoms with Gasteiger partial charge in [0.05, 0.1) is 11.6 Å². The van der Waals surface area contributed by atoms with E-state index in [0.29, 0.717) is 17.0 Å². The maximum absolute atomic E-state index is 12.1. The summed E-state index contributed by atoms with van der Waals surface area (Å²) in [6, 6.07) is 3.40. The van der Waals surface area contributed by atoms with Crippen molar-refractivity contribution in [3.05, 3.63) is 24.2 Å². The first-order valence-corrected chi connectivity index (χ1v) is 10.3. The predicted molar refractivity (Wildman–Crippen MR) is 110 cm³/mol. The molecule has 33 heavy (non-hydrogen) atoms. The monoisotopic (exact) mass is 460 g/mol. The van der Waals surface area contributed by atoms with E-state index >= 15 is 0 Å². The van der Waals surface area contributed by atoms with E-state index in [1.54, 1.807) is 19.1 Å². The number of carbonyl (C=O) groups excluding carboxylic acids is 4. The summed E-state index contributed by atoms with van der Waals surface area (Å²) in [5.41, 5.74) is -1.64. The van der Waals surface area contributed by atoms with Crippen LogP contribution in [0.25, 0.3) is 5.52 Å². The molecule has 176 valence electrons. The fourth-order valence-corrected chi connectivity index (χ4v) is 4.69. The van der Waals surface area contributed by atoms with Gasteiger partial charge in [0.1, 0.15) is 30.2 Å². The summed E-state index contributed by atoms with van der Waals surface area (Å²) in [7, 11) is 0. The first-order chi connectivity index (χ1) is 15.5. The number of ether oxygens (including phenoxy) is 4. The maximum atomic E-state index is 12.1. The Balaban J connectivity index is 1.79. The molecule has 0 bridgehead atoms. The zero-order chi connectivity index (χ0) is 24.1. The first kappa shape index (κ1) is 22.6. The molecule has 2 aromatic rings. The van der Waals surface area contributed by atoms with Crippen molar-refractivity contribution < 1.29 is 38.1 Å². The number of anilines is 1. The van der Waals surface area contributed by atoms with Crippen LogP contribution in [0.15, 0.2) is 18.5 Å². The van der Waals surface area contributed by atoms with Gasteiger partial charge >= 0.3 is 17.9 Å². The average molecular weight is 460 g/mol. The minimum absolute atomic E-state index is 0.0646. The smallest absolute Gasteiger partial charge is 0.303 e. The maximum Gasteiger partial charge on any atom is 0.303 e. The second-order valence-electron chi connectivity index (χ2n) is 8.30. The Morgan fingerprint density at radius 3 is 2.45 bits per heavy atom. The Labute approximate surface area is 188 Å². The van der Waals surface area contributed by atoms with Gasteiger partial charge in [-0.3, -0.25) is 19.2 Å². The number of esters is 3. The van der Waals surface area contributed by atoms with Crippen molar-refractivity contribution in [2.24, 2.45) is 5.92 Å². The molecule has 0 aromatic carbocycles. The van der Waals surface area contributed by atoms with Crippen LogP contribution in [-0.4, -0.2) is 62.8 Å². The van der Waals surface area contributed by atoms with Crippen LogP contribution in [0.5, 0.6) is 0 Å². The standard InChI is InChI=1S/C21H24N4O8/c1-10(26)24-18-15-6-7-16(25(15)23-9-22-18)20(5)19(31-12(3)28)21(32-13(4)29)14(17(21)33-20)8-30-11(2)27/h6-7,9,14,17,19H,8H2,1-5H3,(H,22,23,24,26)/t14-,17?,19-,20-,21+/m0/s1. The lowest BCUT2D eigenvalue weighted by molar-refractivity contribution is -0.185. The van der Waals surface area contributed by atoms with Crippen molar-refractivity contribution in [2.75, 3.05) is 11.9 Å². The van der Waals surface area contributed by atoms with E-state index in [2.05, 4.69) is 15.4 Å². The molecule has 3 heterocycles. The Kier molecular flexibility index (Phi) is 5.35. The number of nitrogens with zero attached hydrogens (tertiary/aromatic N) is 3. The van der Waals surface area contributed by atoms with Gasteiger partial charge in [0.25, 0.3) is 0 Å². The van der Waals surface area contributed by atoms with Crippen LogP contribution >= 0.6 is 0 Å². The molecule has 4 rings (SSSR count). The highest BCUT2D eigenvalue weighted by molar-refractivity contribution is 5.91. The SMILES string of the molecule is CC(=O)Nc1ncnn2c([C@]3(C)OC4[C@H](COC(C)=O)[C@]4(OC(C)=O)[C@H]3OC(C)=O)ccc12. The third-order valence-corrected chi connectivity index (χ3v) is 5.89. The zero-order valence-electron chi connectivity index (χ0n) is 18.8. The number of hydrogen-bond acceptors (Lipinski definition) is 10. The van der Waals surface area contributed by atoms with Crippen LogP contribution < -0.4 is 5.32 Å². The van der Waals surface area contributed by atoms with Gasteiger partial charge in [-0.2, -0.15) is 5.10 Å². The normalized spacial score (nSPS) is 29.8. The fraction of sp³-hybridized carbons (Fsp3) is 0.524. The molecule has 2 fully saturated rings. The van der Waals surface area contributed by atoms with E-state index in [0.717, 1.165) is 0 Å². The van der Waals surface area contributed by atoms with Gasteiger partial charge in [0.15, 0.2) is 17.5 Å². The van der Waals surface area contributed by atoms with Crippen LogP contribution in [0.4, 0.5) is 5.82 Å². The Bertz CT molecular complexity index is 1160. The van der Waals surface area contributed by atoms with E-state index in [4.69, 9.17) is 18.9 Å². The van der Waals surface area contributed by atoms with E-state index in [1.165, 1.54) is 38.5 Å². The molecule has 1 aliphatic carbocycles. The van der Waals surface area contributed by atoms with Gasteiger partial charge in [0, 0.05) is 27.7 Å². The molecule has 12 heteroatoms. The summed E-state index contributed by atoms with van der Waals surface area (Å²) < 4.78 is 24.4. The van der Waals surface area contributed by atoms with E-state index in [1.807, 2.05) is 0 Å². The Morgan fingerprint density at radius 1 is 1.12 bits per heavy atom. The van der Waals surface area contributed by atoms with E-state index in [-0.39, 0.29) is 12.5 Å². The highest BCUT2D eigenvalue weighted by atomic mass is 16.7. The highest BCUT2D eigenvalue weighted by Gasteiger charge is 2.84. The summed E-state index contributed by atoms with van der Waals surface area (Å²) in [6.45, 7) is 6.75. The van der Waals surface area contributed by atoms with Crippen molar-refractivity contribution in [1.82, 2.24) is 14.6 Å². The molecule has 2 aliphatic rings. The summed E-state index contributed by atoms with van der Waals surface area (Å²) in [4.78, 5) is 51.1. The second kappa shape index (κ2) is 7.80. The third kappa shape index (κ3) is 3.59. The third-order valence-electron chi connectivity index (χ3n) is 5.89. The van der Waals surface area contributed by atoms with Crippen LogP contribution in [0.2, 0.25) is 0 Å². The lowest BCUT2D eigenvalue weighted by Crippen LogP contribution is -2.49. The number of rotatable bonds is 6. The molecule has 5 atom stereocenters. The molecule has 0 spiro atoms. The minimum Gasteiger partial charge on any atom is -0.465 e. The molecule has 1 amide bonds. The van der Waals surface area contributed by atoms with Crippen LogP contribution in [0.3, 0.4) is 0 Å². The molecule has 0 radical (unpaired) electrons. The largest absolute Gasteiger partial charge is 0.465 e. The molecule has 2 aromatic heterocycles. The average Bonchev–Trinajstić information content (AvgIpc) is 2.98. The van der Waals surface area contributed by atoms with Gasteiger partial charge in [0.2, 0.25) is 5.91 Å². The van der Waals surface area contributed by atoms with Crippen LogP contribution in [0, 0.1) is 5.92 Å². The van der Waals surface area contributed by atoms with Gasteiger partial charge in [-0.15, -0.1) is 0 Å². The quantitative estimate of drug-likeness (QED) is 0.483. The Morgan fingerprint density at radius 2 is 1.85 bits per heavy atom. The van der Waals surface area contributed by atoms with Crippen LogP contribution in [0.1, 0.15) is 40.3 Å². The lowest BCUT2D eigenvalue weighted by atomic mass is 9.89. The minimum atomic E-state index is -1.33. The van der Waals surface area contributed by atoms with Gasteiger partial charge < -0.3 is 24.3 Å². The summed E-state index contributed by atoms with van der Waals surface area (Å²) in [6.07, 6.45) is -0.473. The second-order valence-corrected chi connectivity index (χ2v) is 8.30. The van der Waals surface area contributed by atoms with Gasteiger partial charge in [-0.1, -0.05) is 0 Å².